The first-order chi connectivity index (χ1) is 6.13. The number of halogens is 1. The van der Waals surface area contributed by atoms with E-state index >= 15 is 0 Å². The van der Waals surface area contributed by atoms with E-state index in [2.05, 4.69) is 0 Å². The summed E-state index contributed by atoms with van der Waals surface area (Å²) in [5, 5.41) is 0. The standard InChI is InChI=1S/C8H7FO3S/c9-8-2-1-6(5-13(11)12)3-7(8)4-10/h1-4H,5H2,(H,11,12)/p-1. The van der Waals surface area contributed by atoms with E-state index in [0.29, 0.717) is 11.8 Å². The summed E-state index contributed by atoms with van der Waals surface area (Å²) < 4.78 is 33.3. The van der Waals surface area contributed by atoms with E-state index in [9.17, 15) is 17.9 Å². The van der Waals surface area contributed by atoms with Crippen molar-refractivity contribution in [2.24, 2.45) is 0 Å². The molecule has 0 heterocycles. The van der Waals surface area contributed by atoms with Crippen molar-refractivity contribution < 1.29 is 17.9 Å². The molecule has 1 aromatic carbocycles. The second kappa shape index (κ2) is 4.25. The van der Waals surface area contributed by atoms with Crippen LogP contribution in [0, 0.1) is 5.82 Å². The topological polar surface area (TPSA) is 57.2 Å². The molecule has 0 N–H and O–H groups in total. The zero-order valence-corrected chi connectivity index (χ0v) is 7.34. The summed E-state index contributed by atoms with van der Waals surface area (Å²) in [6, 6.07) is 3.63. The van der Waals surface area contributed by atoms with Gasteiger partial charge in [-0.2, -0.15) is 0 Å². The molecule has 0 aliphatic rings. The first kappa shape index (κ1) is 10.0. The van der Waals surface area contributed by atoms with Crippen LogP contribution in [0.25, 0.3) is 0 Å². The summed E-state index contributed by atoms with van der Waals surface area (Å²) >= 11 is -2.22. The molecule has 0 bridgehead atoms. The molecule has 1 aromatic rings. The molecule has 13 heavy (non-hydrogen) atoms. The summed E-state index contributed by atoms with van der Waals surface area (Å²) in [6.45, 7) is 0. The van der Waals surface area contributed by atoms with Crippen LogP contribution in [0.5, 0.6) is 0 Å². The molecule has 70 valence electrons. The monoisotopic (exact) mass is 201 g/mol. The first-order valence-electron chi connectivity index (χ1n) is 3.43. The number of aldehydes is 1. The third-order valence-corrected chi connectivity index (χ3v) is 2.04. The van der Waals surface area contributed by atoms with Crippen molar-refractivity contribution in [3.05, 3.63) is 35.1 Å². The van der Waals surface area contributed by atoms with E-state index < -0.39 is 16.9 Å². The summed E-state index contributed by atoms with van der Waals surface area (Å²) in [7, 11) is 0. The van der Waals surface area contributed by atoms with Gasteiger partial charge in [0.25, 0.3) is 0 Å². The highest BCUT2D eigenvalue weighted by Crippen LogP contribution is 2.09. The zero-order valence-electron chi connectivity index (χ0n) is 6.53. The smallest absolute Gasteiger partial charge is 0.153 e. The van der Waals surface area contributed by atoms with Crippen molar-refractivity contribution in [2.75, 3.05) is 0 Å². The van der Waals surface area contributed by atoms with Gasteiger partial charge in [-0.15, -0.1) is 0 Å². The van der Waals surface area contributed by atoms with Crippen molar-refractivity contribution in [1.29, 1.82) is 0 Å². The summed E-state index contributed by atoms with van der Waals surface area (Å²) in [5.41, 5.74) is 0.278. The maximum absolute atomic E-state index is 12.7. The Labute approximate surface area is 76.9 Å². The van der Waals surface area contributed by atoms with Crippen LogP contribution >= 0.6 is 0 Å². The number of carbonyl (C=O) groups excluding carboxylic acids is 1. The van der Waals surface area contributed by atoms with Gasteiger partial charge in [-0.05, 0) is 17.7 Å². The minimum absolute atomic E-state index is 0.122. The molecule has 0 saturated heterocycles. The summed E-state index contributed by atoms with van der Waals surface area (Å²) in [4.78, 5) is 10.3. The van der Waals surface area contributed by atoms with Crippen LogP contribution in [0.15, 0.2) is 18.2 Å². The van der Waals surface area contributed by atoms with Gasteiger partial charge >= 0.3 is 0 Å². The second-order valence-electron chi connectivity index (χ2n) is 2.42. The Balaban J connectivity index is 2.99. The first-order valence-corrected chi connectivity index (χ1v) is 4.67. The lowest BCUT2D eigenvalue weighted by Crippen LogP contribution is -1.96. The molecule has 1 unspecified atom stereocenters. The van der Waals surface area contributed by atoms with Gasteiger partial charge in [0.05, 0.1) is 5.56 Å². The second-order valence-corrected chi connectivity index (χ2v) is 3.32. The zero-order chi connectivity index (χ0) is 9.84. The Bertz CT molecular complexity index is 351. The highest BCUT2D eigenvalue weighted by molar-refractivity contribution is 7.78. The third kappa shape index (κ3) is 2.71. The molecule has 1 atom stereocenters. The Kier molecular flexibility index (Phi) is 3.27. The summed E-state index contributed by atoms with van der Waals surface area (Å²) in [5.74, 6) is -0.850. The fourth-order valence-electron chi connectivity index (χ4n) is 0.909. The molecular formula is C8H6FO3S-. The molecule has 0 amide bonds. The number of benzene rings is 1. The number of hydrogen-bond acceptors (Lipinski definition) is 3. The van der Waals surface area contributed by atoms with Gasteiger partial charge in [0.2, 0.25) is 0 Å². The van der Waals surface area contributed by atoms with E-state index in [1.54, 1.807) is 0 Å². The Morgan fingerprint density at radius 3 is 2.77 bits per heavy atom. The van der Waals surface area contributed by atoms with Gasteiger partial charge in [-0.25, -0.2) is 4.39 Å². The van der Waals surface area contributed by atoms with Crippen molar-refractivity contribution >= 4 is 17.4 Å². The molecule has 0 aliphatic carbocycles. The summed E-state index contributed by atoms with van der Waals surface area (Å²) in [6.07, 6.45) is 0.354. The fourth-order valence-corrected chi connectivity index (χ4v) is 1.36. The maximum Gasteiger partial charge on any atom is 0.153 e. The minimum Gasteiger partial charge on any atom is -0.772 e. The third-order valence-electron chi connectivity index (χ3n) is 1.47. The molecule has 0 fully saturated rings. The molecule has 5 heteroatoms. The highest BCUT2D eigenvalue weighted by Gasteiger charge is 2.01. The van der Waals surface area contributed by atoms with Gasteiger partial charge in [0, 0.05) is 5.75 Å². The predicted octanol–water partition coefficient (Wildman–Crippen LogP) is 1.02. The Hall–Kier alpha value is -1.07. The number of hydrogen-bond donors (Lipinski definition) is 0. The molecule has 3 nitrogen and oxygen atoms in total. The highest BCUT2D eigenvalue weighted by atomic mass is 32.2. The van der Waals surface area contributed by atoms with Crippen molar-refractivity contribution in [2.45, 2.75) is 5.75 Å². The van der Waals surface area contributed by atoms with E-state index in [1.165, 1.54) is 12.1 Å². The predicted molar refractivity (Wildman–Crippen MR) is 44.4 cm³/mol. The lowest BCUT2D eigenvalue weighted by molar-refractivity contribution is 0.111. The van der Waals surface area contributed by atoms with E-state index in [0.717, 1.165) is 6.07 Å². The van der Waals surface area contributed by atoms with Gasteiger partial charge in [-0.1, -0.05) is 17.1 Å². The SMILES string of the molecule is O=Cc1cc(CS(=O)[O-])ccc1F. The molecule has 0 aliphatic heterocycles. The maximum atomic E-state index is 12.7. The average molecular weight is 201 g/mol. The van der Waals surface area contributed by atoms with Crippen LogP contribution in [0.2, 0.25) is 0 Å². The largest absolute Gasteiger partial charge is 0.772 e. The van der Waals surface area contributed by atoms with Crippen molar-refractivity contribution in [1.82, 2.24) is 0 Å². The number of rotatable bonds is 3. The van der Waals surface area contributed by atoms with Crippen LogP contribution in [-0.4, -0.2) is 15.0 Å². The van der Waals surface area contributed by atoms with E-state index in [-0.39, 0.29) is 11.3 Å². The molecule has 0 radical (unpaired) electrons. The van der Waals surface area contributed by atoms with Crippen LogP contribution in [0.4, 0.5) is 4.39 Å². The molecular weight excluding hydrogens is 195 g/mol. The normalized spacial score (nSPS) is 12.5. The number of carbonyl (C=O) groups is 1. The Morgan fingerprint density at radius 1 is 1.54 bits per heavy atom. The quantitative estimate of drug-likeness (QED) is 0.541. The van der Waals surface area contributed by atoms with Crippen molar-refractivity contribution in [3.63, 3.8) is 0 Å². The lowest BCUT2D eigenvalue weighted by Gasteiger charge is -2.05. The molecule has 0 saturated carbocycles. The molecule has 0 aromatic heterocycles. The van der Waals surface area contributed by atoms with E-state index in [1.807, 2.05) is 0 Å². The van der Waals surface area contributed by atoms with Crippen molar-refractivity contribution in [3.8, 4) is 0 Å². The minimum atomic E-state index is -2.22. The lowest BCUT2D eigenvalue weighted by atomic mass is 10.1. The van der Waals surface area contributed by atoms with Gasteiger partial charge in [-0.3, -0.25) is 9.00 Å². The Morgan fingerprint density at radius 2 is 2.23 bits per heavy atom. The van der Waals surface area contributed by atoms with Gasteiger partial charge < -0.3 is 4.55 Å². The average Bonchev–Trinajstić information content (AvgIpc) is 2.07. The van der Waals surface area contributed by atoms with Crippen LogP contribution in [0.1, 0.15) is 15.9 Å². The van der Waals surface area contributed by atoms with Crippen LogP contribution < -0.4 is 0 Å². The fraction of sp³-hybridized carbons (Fsp3) is 0.125. The van der Waals surface area contributed by atoms with E-state index in [4.69, 9.17) is 0 Å². The molecule has 1 rings (SSSR count). The van der Waals surface area contributed by atoms with Crippen LogP contribution in [-0.2, 0) is 16.8 Å². The van der Waals surface area contributed by atoms with Gasteiger partial charge in [0.1, 0.15) is 5.82 Å². The van der Waals surface area contributed by atoms with Gasteiger partial charge in [0.15, 0.2) is 6.29 Å². The molecule has 0 spiro atoms. The van der Waals surface area contributed by atoms with Crippen LogP contribution in [0.3, 0.4) is 0 Å².